The fourth-order valence-corrected chi connectivity index (χ4v) is 7.14. The summed E-state index contributed by atoms with van der Waals surface area (Å²) in [4.78, 5) is 12.9. The van der Waals surface area contributed by atoms with Crippen LogP contribution in [-0.4, -0.2) is 51.1 Å². The number of aliphatic hydroxyl groups excluding tert-OH is 4. The lowest BCUT2D eigenvalue weighted by molar-refractivity contribution is -0.197. The van der Waals surface area contributed by atoms with Gasteiger partial charge < -0.3 is 20.4 Å². The Morgan fingerprint density at radius 3 is 2.50 bits per heavy atom. The van der Waals surface area contributed by atoms with Gasteiger partial charge in [0.25, 0.3) is 0 Å². The second-order valence-electron chi connectivity index (χ2n) is 9.15. The van der Waals surface area contributed by atoms with Crippen LogP contribution in [0, 0.1) is 34.5 Å². The van der Waals surface area contributed by atoms with Gasteiger partial charge in [-0.05, 0) is 61.7 Å². The first-order valence-electron chi connectivity index (χ1n) is 9.53. The molecule has 4 aliphatic carbocycles. The maximum absolute atomic E-state index is 12.9. The zero-order valence-corrected chi connectivity index (χ0v) is 14.4. The number of rotatable bonds is 1. The molecule has 4 aliphatic rings. The minimum atomic E-state index is -1.05. The molecule has 0 spiro atoms. The lowest BCUT2D eigenvalue weighted by atomic mass is 9.44. The van der Waals surface area contributed by atoms with E-state index in [0.717, 1.165) is 25.7 Å². The summed E-state index contributed by atoms with van der Waals surface area (Å²) < 4.78 is 0. The average molecular weight is 338 g/mol. The van der Waals surface area contributed by atoms with Crippen LogP contribution in [0.1, 0.15) is 51.9 Å². The van der Waals surface area contributed by atoms with Gasteiger partial charge >= 0.3 is 0 Å². The van der Waals surface area contributed by atoms with Gasteiger partial charge in [-0.1, -0.05) is 6.92 Å². The van der Waals surface area contributed by atoms with Crippen LogP contribution in [0.25, 0.3) is 0 Å². The Kier molecular flexibility index (Phi) is 3.89. The van der Waals surface area contributed by atoms with Crippen molar-refractivity contribution in [3.8, 4) is 0 Å². The monoisotopic (exact) mass is 338 g/mol. The molecule has 0 amide bonds. The van der Waals surface area contributed by atoms with Gasteiger partial charge in [0, 0.05) is 18.4 Å². The number of fused-ring (bicyclic) bond motifs is 5. The lowest BCUT2D eigenvalue weighted by Crippen LogP contribution is -2.64. The Labute approximate surface area is 143 Å². The highest BCUT2D eigenvalue weighted by Gasteiger charge is 2.65. The third kappa shape index (κ3) is 1.99. The third-order valence-electron chi connectivity index (χ3n) is 8.46. The maximum Gasteiger partial charge on any atom is 0.139 e. The number of carbonyl (C=O) groups is 1. The zero-order chi connectivity index (χ0) is 17.3. The molecule has 1 unspecified atom stereocenters. The summed E-state index contributed by atoms with van der Waals surface area (Å²) >= 11 is 0. The predicted octanol–water partition coefficient (Wildman–Crippen LogP) is 0.873. The van der Waals surface area contributed by atoms with Crippen LogP contribution < -0.4 is 0 Å². The molecule has 0 aliphatic heterocycles. The van der Waals surface area contributed by atoms with Crippen molar-refractivity contribution >= 4 is 5.78 Å². The van der Waals surface area contributed by atoms with E-state index in [1.54, 1.807) is 0 Å². The molecule has 136 valence electrons. The van der Waals surface area contributed by atoms with Crippen molar-refractivity contribution < 1.29 is 25.2 Å². The summed E-state index contributed by atoms with van der Waals surface area (Å²) in [6.07, 6.45) is 2.82. The number of Topliss-reactive ketones (excluding diaryl/α,β-unsaturated/α-hetero) is 1. The minimum Gasteiger partial charge on any atom is -0.396 e. The normalized spacial score (nSPS) is 57.2. The van der Waals surface area contributed by atoms with E-state index in [4.69, 9.17) is 0 Å². The van der Waals surface area contributed by atoms with Crippen molar-refractivity contribution in [3.63, 3.8) is 0 Å². The van der Waals surface area contributed by atoms with Crippen LogP contribution in [-0.2, 0) is 4.79 Å². The second-order valence-corrected chi connectivity index (χ2v) is 9.15. The standard InChI is InChI=1S/C19H30O5/c1-18-6-4-12-10(11(18)2-3-15(18)23)8-14(22)16-17(24)13(21)5-7-19(12,16)9-20/h10-13,15-17,20-21,23-24H,2-9H2,1H3/t10-,11-,12-,13-,15-,16-,17?,18-,19-/m0/s1. The molecule has 5 nitrogen and oxygen atoms in total. The summed E-state index contributed by atoms with van der Waals surface area (Å²) in [5.74, 6) is 0.0870. The van der Waals surface area contributed by atoms with E-state index in [9.17, 15) is 25.2 Å². The Morgan fingerprint density at radius 2 is 1.79 bits per heavy atom. The molecule has 24 heavy (non-hydrogen) atoms. The van der Waals surface area contributed by atoms with Crippen molar-refractivity contribution in [1.82, 2.24) is 0 Å². The third-order valence-corrected chi connectivity index (χ3v) is 8.46. The molecule has 0 aromatic rings. The number of ketones is 1. The minimum absolute atomic E-state index is 0.00203. The van der Waals surface area contributed by atoms with Crippen LogP contribution in [0.2, 0.25) is 0 Å². The molecule has 0 aromatic carbocycles. The highest BCUT2D eigenvalue weighted by molar-refractivity contribution is 5.84. The SMILES string of the molecule is C[C@]12CC[C@H]3[C@@H](CC(=O)[C@H]4C(O)[C@@H](O)CC[C@@]43CO)[C@@H]1CC[C@@H]2O. The first-order chi connectivity index (χ1) is 11.3. The maximum atomic E-state index is 12.9. The van der Waals surface area contributed by atoms with Gasteiger partial charge in [0.2, 0.25) is 0 Å². The van der Waals surface area contributed by atoms with E-state index < -0.39 is 23.5 Å². The van der Waals surface area contributed by atoms with Crippen LogP contribution in [0.15, 0.2) is 0 Å². The lowest BCUT2D eigenvalue weighted by Gasteiger charge is -2.61. The quantitative estimate of drug-likeness (QED) is 0.569. The van der Waals surface area contributed by atoms with Crippen molar-refractivity contribution in [2.75, 3.05) is 6.61 Å². The smallest absolute Gasteiger partial charge is 0.139 e. The summed E-state index contributed by atoms with van der Waals surface area (Å²) in [6.45, 7) is 2.06. The first kappa shape index (κ1) is 17.0. The fraction of sp³-hybridized carbons (Fsp3) is 0.947. The first-order valence-corrected chi connectivity index (χ1v) is 9.53. The second kappa shape index (κ2) is 5.50. The molecule has 0 radical (unpaired) electrons. The molecule has 4 N–H and O–H groups in total. The summed E-state index contributed by atoms with van der Waals surface area (Å²) in [7, 11) is 0. The molecule has 0 saturated heterocycles. The number of hydrogen-bond acceptors (Lipinski definition) is 5. The van der Waals surface area contributed by atoms with Crippen molar-refractivity contribution in [3.05, 3.63) is 0 Å². The van der Waals surface area contributed by atoms with Gasteiger partial charge in [-0.3, -0.25) is 4.79 Å². The van der Waals surface area contributed by atoms with Crippen LogP contribution in [0.4, 0.5) is 0 Å². The van der Waals surface area contributed by atoms with Crippen LogP contribution in [0.5, 0.6) is 0 Å². The fourth-order valence-electron chi connectivity index (χ4n) is 7.14. The summed E-state index contributed by atoms with van der Waals surface area (Å²) in [6, 6.07) is 0. The van der Waals surface area contributed by atoms with Crippen molar-refractivity contribution in [2.24, 2.45) is 34.5 Å². The van der Waals surface area contributed by atoms with Gasteiger partial charge in [-0.25, -0.2) is 0 Å². The zero-order valence-electron chi connectivity index (χ0n) is 14.4. The molecule has 9 atom stereocenters. The topological polar surface area (TPSA) is 98.0 Å². The number of aliphatic hydroxyl groups is 4. The van der Waals surface area contributed by atoms with E-state index in [1.165, 1.54) is 0 Å². The van der Waals surface area contributed by atoms with E-state index in [1.807, 2.05) is 0 Å². The number of hydrogen-bond donors (Lipinski definition) is 4. The molecular formula is C19H30O5. The Balaban J connectivity index is 1.73. The van der Waals surface area contributed by atoms with Crippen molar-refractivity contribution in [1.29, 1.82) is 0 Å². The Morgan fingerprint density at radius 1 is 1.04 bits per heavy atom. The van der Waals surface area contributed by atoms with Gasteiger partial charge in [0.1, 0.15) is 5.78 Å². The van der Waals surface area contributed by atoms with E-state index in [-0.39, 0.29) is 35.7 Å². The highest BCUT2D eigenvalue weighted by Crippen LogP contribution is 2.65. The average Bonchev–Trinajstić information content (AvgIpc) is 2.86. The molecule has 4 saturated carbocycles. The summed E-state index contributed by atoms with van der Waals surface area (Å²) in [5, 5.41) is 41.3. The van der Waals surface area contributed by atoms with E-state index in [2.05, 4.69) is 6.92 Å². The van der Waals surface area contributed by atoms with Crippen LogP contribution in [0.3, 0.4) is 0 Å². The van der Waals surface area contributed by atoms with Gasteiger partial charge in [-0.15, -0.1) is 0 Å². The molecule has 4 fully saturated rings. The largest absolute Gasteiger partial charge is 0.396 e. The van der Waals surface area contributed by atoms with E-state index >= 15 is 0 Å². The molecule has 4 rings (SSSR count). The molecular weight excluding hydrogens is 308 g/mol. The Bertz CT molecular complexity index is 536. The Hall–Kier alpha value is -0.490. The van der Waals surface area contributed by atoms with Gasteiger partial charge in [0.05, 0.1) is 24.2 Å². The molecule has 0 heterocycles. The van der Waals surface area contributed by atoms with Crippen molar-refractivity contribution in [2.45, 2.75) is 70.2 Å². The molecule has 5 heteroatoms. The predicted molar refractivity (Wildman–Crippen MR) is 86.9 cm³/mol. The van der Waals surface area contributed by atoms with Gasteiger partial charge in [0.15, 0.2) is 0 Å². The number of carbonyl (C=O) groups excluding carboxylic acids is 1. The molecule has 0 bridgehead atoms. The van der Waals surface area contributed by atoms with E-state index in [0.29, 0.717) is 25.2 Å². The summed E-state index contributed by atoms with van der Waals surface area (Å²) in [5.41, 5.74) is -0.703. The molecule has 0 aromatic heterocycles. The highest BCUT2D eigenvalue weighted by atomic mass is 16.3. The van der Waals surface area contributed by atoms with Gasteiger partial charge in [-0.2, -0.15) is 0 Å². The van der Waals surface area contributed by atoms with Crippen LogP contribution >= 0.6 is 0 Å².